The number of hydrogen-bond acceptors (Lipinski definition) is 4. The fraction of sp³-hybridized carbons (Fsp3) is 0.0909. The van der Waals surface area contributed by atoms with Gasteiger partial charge in [-0.15, -0.1) is 11.8 Å². The third kappa shape index (κ3) is 3.39. The van der Waals surface area contributed by atoms with E-state index in [1.807, 2.05) is 0 Å². The summed E-state index contributed by atoms with van der Waals surface area (Å²) in [6.07, 6.45) is 1.66. The molecule has 0 heterocycles. The van der Waals surface area contributed by atoms with Crippen LogP contribution in [0.5, 0.6) is 0 Å². The first-order valence-electron chi connectivity index (χ1n) is 4.69. The normalized spacial score (nSPS) is 11.4. The van der Waals surface area contributed by atoms with E-state index in [-0.39, 0.29) is 15.6 Å². The second-order valence-corrected chi connectivity index (χ2v) is 4.36. The van der Waals surface area contributed by atoms with Crippen LogP contribution in [0.1, 0.15) is 0 Å². The zero-order valence-corrected chi connectivity index (χ0v) is 10.9. The number of carbonyl (C=O) groups is 1. The number of halogens is 2. The third-order valence-electron chi connectivity index (χ3n) is 1.97. The lowest BCUT2D eigenvalue weighted by atomic mass is 10.3. The van der Waals surface area contributed by atoms with Crippen LogP contribution in [0, 0.1) is 17.1 Å². The van der Waals surface area contributed by atoms with Gasteiger partial charge in [0.2, 0.25) is 0 Å². The molecular formula is C11H9ClFN3OS. The van der Waals surface area contributed by atoms with Gasteiger partial charge in [-0.05, 0) is 24.5 Å². The third-order valence-corrected chi connectivity index (χ3v) is 2.99. The average molecular weight is 286 g/mol. The van der Waals surface area contributed by atoms with Gasteiger partial charge in [0.05, 0.1) is 10.1 Å². The van der Waals surface area contributed by atoms with Crippen LogP contribution < -0.4 is 11.1 Å². The Balaban J connectivity index is 3.10. The van der Waals surface area contributed by atoms with E-state index in [0.29, 0.717) is 5.69 Å². The minimum absolute atomic E-state index is 0.00867. The molecule has 0 spiro atoms. The lowest BCUT2D eigenvalue weighted by Crippen LogP contribution is -2.16. The van der Waals surface area contributed by atoms with Crippen molar-refractivity contribution in [3.63, 3.8) is 0 Å². The topological polar surface area (TPSA) is 78.9 Å². The minimum atomic E-state index is -0.844. The van der Waals surface area contributed by atoms with E-state index in [0.717, 1.165) is 17.8 Å². The van der Waals surface area contributed by atoms with Crippen LogP contribution in [-0.2, 0) is 4.79 Å². The Morgan fingerprint density at radius 2 is 2.28 bits per heavy atom. The van der Waals surface area contributed by atoms with Crippen LogP contribution in [0.4, 0.5) is 10.1 Å². The van der Waals surface area contributed by atoms with E-state index in [2.05, 4.69) is 5.32 Å². The Kier molecular flexibility index (Phi) is 5.01. The number of hydrogen-bond donors (Lipinski definition) is 2. The molecule has 0 bridgehead atoms. The van der Waals surface area contributed by atoms with E-state index in [9.17, 15) is 9.18 Å². The highest BCUT2D eigenvalue weighted by molar-refractivity contribution is 8.02. The largest absolute Gasteiger partial charge is 0.365 e. The molecule has 0 unspecified atom stereocenters. The Morgan fingerprint density at radius 3 is 2.72 bits per heavy atom. The summed E-state index contributed by atoms with van der Waals surface area (Å²) in [5, 5.41) is 11.8. The van der Waals surface area contributed by atoms with Gasteiger partial charge in [-0.3, -0.25) is 4.79 Å². The molecule has 0 saturated carbocycles. The fourth-order valence-corrected chi connectivity index (χ4v) is 1.83. The standard InChI is InChI=1S/C11H9ClFN3OS/c1-18-11(7(5-14)10(15)17)16-6-2-3-8(12)9(13)4-6/h2-4,16H,1H3,(H2,15,17)/b11-7-. The molecule has 0 aliphatic rings. The summed E-state index contributed by atoms with van der Waals surface area (Å²) in [7, 11) is 0. The number of thioether (sulfide) groups is 1. The quantitative estimate of drug-likeness (QED) is 0.658. The van der Waals surface area contributed by atoms with Gasteiger partial charge in [0, 0.05) is 5.69 Å². The number of nitrogens with two attached hydrogens (primary N) is 1. The van der Waals surface area contributed by atoms with Gasteiger partial charge in [-0.1, -0.05) is 11.6 Å². The van der Waals surface area contributed by atoms with Gasteiger partial charge in [-0.25, -0.2) is 4.39 Å². The molecular weight excluding hydrogens is 277 g/mol. The number of nitrogens with one attached hydrogen (secondary N) is 1. The number of benzene rings is 1. The maximum Gasteiger partial charge on any atom is 0.262 e. The molecule has 1 rings (SSSR count). The summed E-state index contributed by atoms with van der Waals surface area (Å²) < 4.78 is 13.2. The number of carbonyl (C=O) groups excluding carboxylic acids is 1. The highest BCUT2D eigenvalue weighted by Gasteiger charge is 2.12. The highest BCUT2D eigenvalue weighted by Crippen LogP contribution is 2.23. The van der Waals surface area contributed by atoms with Crippen LogP contribution in [0.15, 0.2) is 28.8 Å². The summed E-state index contributed by atoms with van der Waals surface area (Å²) in [5.74, 6) is -1.44. The average Bonchev–Trinajstić information content (AvgIpc) is 2.33. The Labute approximate surface area is 113 Å². The second-order valence-electron chi connectivity index (χ2n) is 3.14. The van der Waals surface area contributed by atoms with Crippen molar-refractivity contribution in [1.82, 2.24) is 0 Å². The monoisotopic (exact) mass is 285 g/mol. The predicted molar refractivity (Wildman–Crippen MR) is 70.4 cm³/mol. The van der Waals surface area contributed by atoms with E-state index in [1.54, 1.807) is 12.3 Å². The molecule has 1 aromatic carbocycles. The molecule has 18 heavy (non-hydrogen) atoms. The minimum Gasteiger partial charge on any atom is -0.365 e. The van der Waals surface area contributed by atoms with Gasteiger partial charge in [0.15, 0.2) is 0 Å². The first-order valence-corrected chi connectivity index (χ1v) is 6.30. The van der Waals surface area contributed by atoms with Gasteiger partial charge in [-0.2, -0.15) is 5.26 Å². The second kappa shape index (κ2) is 6.28. The van der Waals surface area contributed by atoms with Crippen molar-refractivity contribution in [2.45, 2.75) is 0 Å². The van der Waals surface area contributed by atoms with E-state index in [1.165, 1.54) is 12.1 Å². The van der Waals surface area contributed by atoms with Crippen LogP contribution >= 0.6 is 23.4 Å². The number of primary amides is 1. The molecule has 7 heteroatoms. The van der Waals surface area contributed by atoms with E-state index < -0.39 is 11.7 Å². The maximum absolute atomic E-state index is 13.2. The molecule has 94 valence electrons. The van der Waals surface area contributed by atoms with Crippen molar-refractivity contribution < 1.29 is 9.18 Å². The molecule has 0 radical (unpaired) electrons. The summed E-state index contributed by atoms with van der Waals surface area (Å²) >= 11 is 6.67. The molecule has 0 aliphatic carbocycles. The first-order chi connectivity index (χ1) is 8.49. The smallest absolute Gasteiger partial charge is 0.262 e. The highest BCUT2D eigenvalue weighted by atomic mass is 35.5. The fourth-order valence-electron chi connectivity index (χ4n) is 1.14. The van der Waals surface area contributed by atoms with Crippen molar-refractivity contribution in [2.24, 2.45) is 5.73 Å². The molecule has 4 nitrogen and oxygen atoms in total. The van der Waals surface area contributed by atoms with Crippen LogP contribution in [0.25, 0.3) is 0 Å². The molecule has 0 atom stereocenters. The van der Waals surface area contributed by atoms with Crippen LogP contribution in [-0.4, -0.2) is 12.2 Å². The van der Waals surface area contributed by atoms with Gasteiger partial charge >= 0.3 is 0 Å². The Hall–Kier alpha value is -1.71. The van der Waals surface area contributed by atoms with Crippen molar-refractivity contribution in [2.75, 3.05) is 11.6 Å². The number of anilines is 1. The van der Waals surface area contributed by atoms with Crippen LogP contribution in [0.3, 0.4) is 0 Å². The van der Waals surface area contributed by atoms with Crippen molar-refractivity contribution in [3.8, 4) is 6.07 Å². The van der Waals surface area contributed by atoms with Crippen LogP contribution in [0.2, 0.25) is 5.02 Å². The first kappa shape index (κ1) is 14.4. The lowest BCUT2D eigenvalue weighted by Gasteiger charge is -2.10. The number of amides is 1. The Bertz CT molecular complexity index is 554. The summed E-state index contributed by atoms with van der Waals surface area (Å²) in [4.78, 5) is 11.0. The Morgan fingerprint density at radius 1 is 1.61 bits per heavy atom. The molecule has 0 saturated heterocycles. The van der Waals surface area contributed by atoms with Gasteiger partial charge < -0.3 is 11.1 Å². The summed E-state index contributed by atoms with van der Waals surface area (Å²) in [6.45, 7) is 0. The summed E-state index contributed by atoms with van der Waals surface area (Å²) in [5.41, 5.74) is 5.22. The van der Waals surface area contributed by atoms with E-state index in [4.69, 9.17) is 22.6 Å². The zero-order chi connectivity index (χ0) is 13.7. The van der Waals surface area contributed by atoms with Gasteiger partial charge in [0.25, 0.3) is 5.91 Å². The molecule has 1 amide bonds. The molecule has 3 N–H and O–H groups in total. The van der Waals surface area contributed by atoms with Crippen molar-refractivity contribution in [3.05, 3.63) is 39.6 Å². The zero-order valence-electron chi connectivity index (χ0n) is 9.33. The van der Waals surface area contributed by atoms with Crippen molar-refractivity contribution >= 4 is 35.0 Å². The molecule has 0 aliphatic heterocycles. The predicted octanol–water partition coefficient (Wildman–Crippen LogP) is 2.47. The SMILES string of the molecule is CS/C(Nc1ccc(Cl)c(F)c1)=C(/C#N)C(N)=O. The number of nitrogens with zero attached hydrogens (tertiary/aromatic N) is 1. The number of nitriles is 1. The lowest BCUT2D eigenvalue weighted by molar-refractivity contribution is -0.114. The molecule has 0 fully saturated rings. The maximum atomic E-state index is 13.2. The van der Waals surface area contributed by atoms with Crippen molar-refractivity contribution in [1.29, 1.82) is 5.26 Å². The number of rotatable bonds is 4. The molecule has 0 aromatic heterocycles. The van der Waals surface area contributed by atoms with E-state index >= 15 is 0 Å². The van der Waals surface area contributed by atoms with Gasteiger partial charge in [0.1, 0.15) is 17.5 Å². The molecule has 1 aromatic rings. The summed E-state index contributed by atoms with van der Waals surface area (Å²) in [6, 6.07) is 5.76.